The molecule has 1 aliphatic heterocycles. The molecular formula is C25H34IN7O. The van der Waals surface area contributed by atoms with Gasteiger partial charge in [-0.15, -0.1) is 24.0 Å². The van der Waals surface area contributed by atoms with Gasteiger partial charge in [0.2, 0.25) is 0 Å². The van der Waals surface area contributed by atoms with Crippen molar-refractivity contribution in [1.82, 2.24) is 25.4 Å². The molecule has 8 nitrogen and oxygen atoms in total. The minimum atomic E-state index is 0. The Morgan fingerprint density at radius 3 is 2.56 bits per heavy atom. The van der Waals surface area contributed by atoms with Gasteiger partial charge < -0.3 is 20.3 Å². The van der Waals surface area contributed by atoms with Crippen molar-refractivity contribution < 1.29 is 4.74 Å². The van der Waals surface area contributed by atoms with Crippen molar-refractivity contribution in [3.63, 3.8) is 0 Å². The van der Waals surface area contributed by atoms with E-state index >= 15 is 0 Å². The monoisotopic (exact) mass is 575 g/mol. The normalized spacial score (nSPS) is 14.0. The van der Waals surface area contributed by atoms with Gasteiger partial charge in [-0.3, -0.25) is 0 Å². The summed E-state index contributed by atoms with van der Waals surface area (Å²) in [4.78, 5) is 11.8. The second-order valence-corrected chi connectivity index (χ2v) is 8.10. The first-order valence-electron chi connectivity index (χ1n) is 11.6. The Bertz CT molecular complexity index is 1090. The zero-order valence-electron chi connectivity index (χ0n) is 20.1. The largest absolute Gasteiger partial charge is 0.378 e. The first kappa shape index (κ1) is 26.0. The number of nitrogens with zero attached hydrogens (tertiary/aromatic N) is 5. The van der Waals surface area contributed by atoms with Gasteiger partial charge in [0.05, 0.1) is 31.1 Å². The number of aromatic nitrogens is 3. The molecule has 9 heteroatoms. The number of ether oxygens (including phenoxy) is 1. The smallest absolute Gasteiger partial charge is 0.191 e. The van der Waals surface area contributed by atoms with Crippen LogP contribution in [-0.4, -0.2) is 53.6 Å². The third-order valence-corrected chi connectivity index (χ3v) is 5.61. The highest BCUT2D eigenvalue weighted by Gasteiger charge is 2.16. The van der Waals surface area contributed by atoms with Gasteiger partial charge in [0.15, 0.2) is 5.96 Å². The summed E-state index contributed by atoms with van der Waals surface area (Å²) in [6.07, 6.45) is 1.84. The van der Waals surface area contributed by atoms with Crippen molar-refractivity contribution in [2.75, 3.05) is 37.7 Å². The molecule has 3 heterocycles. The molecule has 0 aliphatic carbocycles. The van der Waals surface area contributed by atoms with Gasteiger partial charge in [-0.2, -0.15) is 5.10 Å². The first-order chi connectivity index (χ1) is 16.2. The summed E-state index contributed by atoms with van der Waals surface area (Å²) in [5.74, 6) is 1.77. The number of aliphatic imine (C=N–C) groups is 1. The third kappa shape index (κ3) is 6.47. The lowest BCUT2D eigenvalue weighted by Crippen LogP contribution is -2.38. The summed E-state index contributed by atoms with van der Waals surface area (Å²) in [5.41, 5.74) is 5.48. The van der Waals surface area contributed by atoms with Gasteiger partial charge in [0, 0.05) is 43.6 Å². The zero-order chi connectivity index (χ0) is 23.0. The van der Waals surface area contributed by atoms with Crippen molar-refractivity contribution in [1.29, 1.82) is 0 Å². The van der Waals surface area contributed by atoms with Gasteiger partial charge in [-0.05, 0) is 44.5 Å². The molecule has 182 valence electrons. The maximum Gasteiger partial charge on any atom is 0.191 e. The van der Waals surface area contributed by atoms with Crippen molar-refractivity contribution in [2.24, 2.45) is 4.99 Å². The molecule has 1 aliphatic rings. The number of guanidine groups is 1. The number of halogens is 1. The number of hydrogen-bond donors (Lipinski definition) is 2. The molecule has 2 N–H and O–H groups in total. The average Bonchev–Trinajstić information content (AvgIpc) is 3.19. The fraction of sp³-hybridized carbons (Fsp3) is 0.400. The van der Waals surface area contributed by atoms with Crippen LogP contribution in [0.5, 0.6) is 0 Å². The molecule has 1 saturated heterocycles. The number of benzene rings is 1. The predicted molar refractivity (Wildman–Crippen MR) is 147 cm³/mol. The molecule has 4 rings (SSSR count). The van der Waals surface area contributed by atoms with Gasteiger partial charge in [-0.25, -0.2) is 14.7 Å². The molecule has 0 amide bonds. The SMILES string of the molecule is CCNC(=NCc1cccnc1N1CCOCC1)NCc1ccccc1-n1nc(C)cc1C.I. The molecule has 0 bridgehead atoms. The number of pyridine rings is 1. The van der Waals surface area contributed by atoms with Gasteiger partial charge in [0.25, 0.3) is 0 Å². The minimum absolute atomic E-state index is 0. The van der Waals surface area contributed by atoms with Crippen molar-refractivity contribution >= 4 is 35.8 Å². The quantitative estimate of drug-likeness (QED) is 0.255. The Morgan fingerprint density at radius 2 is 1.82 bits per heavy atom. The first-order valence-corrected chi connectivity index (χ1v) is 11.6. The zero-order valence-corrected chi connectivity index (χ0v) is 22.5. The lowest BCUT2D eigenvalue weighted by Gasteiger charge is -2.29. The number of rotatable bonds is 7. The van der Waals surface area contributed by atoms with E-state index in [1.54, 1.807) is 0 Å². The van der Waals surface area contributed by atoms with Gasteiger partial charge >= 0.3 is 0 Å². The van der Waals surface area contributed by atoms with Crippen LogP contribution in [0.1, 0.15) is 29.4 Å². The van der Waals surface area contributed by atoms with Crippen LogP contribution in [0.25, 0.3) is 5.69 Å². The number of aryl methyl sites for hydroxylation is 2. The molecule has 0 saturated carbocycles. The summed E-state index contributed by atoms with van der Waals surface area (Å²) in [6, 6.07) is 14.5. The molecule has 1 fully saturated rings. The van der Waals surface area contributed by atoms with E-state index in [1.165, 1.54) is 0 Å². The number of nitrogens with one attached hydrogen (secondary N) is 2. The minimum Gasteiger partial charge on any atom is -0.378 e. The maximum atomic E-state index is 5.49. The summed E-state index contributed by atoms with van der Waals surface area (Å²) >= 11 is 0. The molecule has 0 unspecified atom stereocenters. The molecule has 0 spiro atoms. The van der Waals surface area contributed by atoms with Gasteiger partial charge in [-0.1, -0.05) is 24.3 Å². The fourth-order valence-corrected chi connectivity index (χ4v) is 4.04. The highest BCUT2D eigenvalue weighted by atomic mass is 127. The average molecular weight is 575 g/mol. The van der Waals surface area contributed by atoms with E-state index in [-0.39, 0.29) is 24.0 Å². The van der Waals surface area contributed by atoms with Crippen LogP contribution in [0.15, 0.2) is 53.7 Å². The van der Waals surface area contributed by atoms with Crippen LogP contribution in [0, 0.1) is 13.8 Å². The van der Waals surface area contributed by atoms with Crippen LogP contribution in [0.4, 0.5) is 5.82 Å². The van der Waals surface area contributed by atoms with Crippen LogP contribution >= 0.6 is 24.0 Å². The van der Waals surface area contributed by atoms with Crippen LogP contribution in [-0.2, 0) is 17.8 Å². The number of hydrogen-bond acceptors (Lipinski definition) is 5. The molecule has 0 radical (unpaired) electrons. The summed E-state index contributed by atoms with van der Waals surface area (Å²) < 4.78 is 7.49. The predicted octanol–water partition coefficient (Wildman–Crippen LogP) is 3.59. The highest BCUT2D eigenvalue weighted by molar-refractivity contribution is 14.0. The third-order valence-electron chi connectivity index (χ3n) is 5.61. The second kappa shape index (κ2) is 12.7. The Kier molecular flexibility index (Phi) is 9.70. The van der Waals surface area contributed by atoms with Crippen LogP contribution in [0.3, 0.4) is 0 Å². The molecule has 34 heavy (non-hydrogen) atoms. The highest BCUT2D eigenvalue weighted by Crippen LogP contribution is 2.20. The lowest BCUT2D eigenvalue weighted by molar-refractivity contribution is 0.122. The van der Waals surface area contributed by atoms with E-state index in [9.17, 15) is 0 Å². The molecule has 3 aromatic rings. The van der Waals surface area contributed by atoms with Gasteiger partial charge in [0.1, 0.15) is 5.82 Å². The topological polar surface area (TPSA) is 79.6 Å². The maximum absolute atomic E-state index is 5.49. The molecule has 2 aromatic heterocycles. The van der Waals surface area contributed by atoms with Crippen molar-refractivity contribution in [3.8, 4) is 5.69 Å². The van der Waals surface area contributed by atoms with E-state index in [1.807, 2.05) is 29.9 Å². The summed E-state index contributed by atoms with van der Waals surface area (Å²) in [6.45, 7) is 11.3. The van der Waals surface area contributed by atoms with Crippen molar-refractivity contribution in [2.45, 2.75) is 33.9 Å². The second-order valence-electron chi connectivity index (χ2n) is 8.10. The standard InChI is InChI=1S/C25H33N7O.HI/c1-4-26-25(29-18-22-9-7-11-27-24(22)31-12-14-33-15-13-31)28-17-21-8-5-6-10-23(21)32-20(3)16-19(2)30-32;/h5-11,16H,4,12-15,17-18H2,1-3H3,(H2,26,28,29);1H. The summed E-state index contributed by atoms with van der Waals surface area (Å²) in [7, 11) is 0. The number of para-hydroxylation sites is 1. The Hall–Kier alpha value is -2.66. The van der Waals surface area contributed by atoms with E-state index in [2.05, 4.69) is 69.8 Å². The Morgan fingerprint density at radius 1 is 1.06 bits per heavy atom. The van der Waals surface area contributed by atoms with Crippen LogP contribution in [0.2, 0.25) is 0 Å². The van der Waals surface area contributed by atoms with E-state index < -0.39 is 0 Å². The van der Waals surface area contributed by atoms with Crippen molar-refractivity contribution in [3.05, 3.63) is 71.2 Å². The van der Waals surface area contributed by atoms with E-state index in [0.717, 1.165) is 72.8 Å². The van der Waals surface area contributed by atoms with E-state index in [4.69, 9.17) is 9.73 Å². The fourth-order valence-electron chi connectivity index (χ4n) is 4.04. The van der Waals surface area contributed by atoms with E-state index in [0.29, 0.717) is 13.1 Å². The molecule has 1 aromatic carbocycles. The lowest BCUT2D eigenvalue weighted by atomic mass is 10.1. The Balaban J connectivity index is 0.00000324. The molecular weight excluding hydrogens is 541 g/mol. The number of anilines is 1. The van der Waals surface area contributed by atoms with Crippen LogP contribution < -0.4 is 15.5 Å². The number of morpholine rings is 1. The molecule has 0 atom stereocenters. The summed E-state index contributed by atoms with van der Waals surface area (Å²) in [5, 5.41) is 11.5. The Labute approximate surface area is 218 Å².